The van der Waals surface area contributed by atoms with Gasteiger partial charge in [0.15, 0.2) is 0 Å². The fourth-order valence-corrected chi connectivity index (χ4v) is 5.59. The van der Waals surface area contributed by atoms with Crippen molar-refractivity contribution in [1.29, 1.82) is 0 Å². The number of fused-ring (bicyclic) bond motifs is 1. The monoisotopic (exact) mass is 499 g/mol. The van der Waals surface area contributed by atoms with Gasteiger partial charge >= 0.3 is 6.09 Å². The minimum Gasteiger partial charge on any atom is -0.444 e. The number of amides is 1. The molecule has 1 aromatic heterocycles. The molecule has 4 rings (SSSR count). The van der Waals surface area contributed by atoms with Gasteiger partial charge in [-0.25, -0.2) is 9.78 Å². The van der Waals surface area contributed by atoms with Crippen LogP contribution in [0, 0.1) is 0 Å². The fraction of sp³-hybridized carbons (Fsp3) is 0.538. The van der Waals surface area contributed by atoms with Crippen LogP contribution < -0.4 is 5.32 Å². The summed E-state index contributed by atoms with van der Waals surface area (Å²) in [6.07, 6.45) is 4.79. The number of hydrogen-bond acceptors (Lipinski definition) is 4. The maximum Gasteiger partial charge on any atom is 0.410 e. The number of hydrogen-bond donors (Lipinski definition) is 1. The van der Waals surface area contributed by atoms with Gasteiger partial charge in [0.05, 0.1) is 6.04 Å². The van der Waals surface area contributed by atoms with Crippen molar-refractivity contribution in [3.05, 3.63) is 57.2 Å². The van der Waals surface area contributed by atoms with Crippen LogP contribution in [0.1, 0.15) is 81.3 Å². The molecule has 1 amide bonds. The van der Waals surface area contributed by atoms with Gasteiger partial charge in [0.2, 0.25) is 0 Å². The molecule has 1 aromatic carbocycles. The van der Waals surface area contributed by atoms with Gasteiger partial charge in [0.1, 0.15) is 11.4 Å². The number of carbonyl (C=O) groups excluding carboxylic acids is 1. The van der Waals surface area contributed by atoms with E-state index in [2.05, 4.69) is 58.5 Å². The Bertz CT molecular complexity index is 978. The summed E-state index contributed by atoms with van der Waals surface area (Å²) in [4.78, 5) is 19.2. The number of aryl methyl sites for hydroxylation is 2. The molecule has 2 aromatic rings. The van der Waals surface area contributed by atoms with E-state index in [0.29, 0.717) is 12.0 Å². The quantitative estimate of drug-likeness (QED) is 0.513. The zero-order valence-corrected chi connectivity index (χ0v) is 21.2. The van der Waals surface area contributed by atoms with Crippen molar-refractivity contribution < 1.29 is 9.53 Å². The summed E-state index contributed by atoms with van der Waals surface area (Å²) in [5, 5.41) is 3.68. The number of aromatic nitrogens is 1. The Labute approximate surface area is 200 Å². The summed E-state index contributed by atoms with van der Waals surface area (Å²) in [5.41, 5.74) is 4.82. The Hall–Kier alpha value is -2.08. The average molecular weight is 500 g/mol. The molecule has 172 valence electrons. The highest BCUT2D eigenvalue weighted by atomic mass is 79.9. The number of carbonyl (C=O) groups is 1. The number of likely N-dealkylation sites (tertiary alicyclic amines) is 1. The maximum atomic E-state index is 12.4. The highest BCUT2D eigenvalue weighted by Gasteiger charge is 2.29. The van der Waals surface area contributed by atoms with Gasteiger partial charge in [-0.1, -0.05) is 41.1 Å². The van der Waals surface area contributed by atoms with Gasteiger partial charge in [-0.05, 0) is 87.6 Å². The summed E-state index contributed by atoms with van der Waals surface area (Å²) in [5.74, 6) is 1.39. The molecule has 1 fully saturated rings. The van der Waals surface area contributed by atoms with Gasteiger partial charge in [-0.3, -0.25) is 0 Å². The lowest BCUT2D eigenvalue weighted by Crippen LogP contribution is -2.41. The van der Waals surface area contributed by atoms with E-state index in [0.717, 1.165) is 56.7 Å². The van der Waals surface area contributed by atoms with Crippen LogP contribution in [0.15, 0.2) is 34.8 Å². The van der Waals surface area contributed by atoms with Gasteiger partial charge in [-0.15, -0.1) is 0 Å². The summed E-state index contributed by atoms with van der Waals surface area (Å²) in [6, 6.07) is 11.1. The molecular formula is C26H34BrN3O2. The predicted octanol–water partition coefficient (Wildman–Crippen LogP) is 6.62. The van der Waals surface area contributed by atoms with E-state index < -0.39 is 5.60 Å². The molecule has 1 aliphatic carbocycles. The third-order valence-electron chi connectivity index (χ3n) is 6.45. The van der Waals surface area contributed by atoms with Crippen molar-refractivity contribution in [2.24, 2.45) is 0 Å². The first-order valence-corrected chi connectivity index (χ1v) is 12.6. The minimum absolute atomic E-state index is 0.202. The van der Waals surface area contributed by atoms with E-state index in [-0.39, 0.29) is 6.09 Å². The summed E-state index contributed by atoms with van der Waals surface area (Å²) < 4.78 is 6.71. The number of piperidine rings is 1. The molecule has 0 saturated carbocycles. The Balaban J connectivity index is 1.43. The zero-order valence-electron chi connectivity index (χ0n) is 19.6. The molecule has 5 nitrogen and oxygen atoms in total. The molecule has 1 atom stereocenters. The van der Waals surface area contributed by atoms with E-state index in [1.54, 1.807) is 0 Å². The van der Waals surface area contributed by atoms with Crippen molar-refractivity contribution in [3.8, 4) is 0 Å². The summed E-state index contributed by atoms with van der Waals surface area (Å²) in [6.45, 7) is 9.37. The van der Waals surface area contributed by atoms with Crippen LogP contribution in [-0.4, -0.2) is 34.7 Å². The van der Waals surface area contributed by atoms with Gasteiger partial charge in [-0.2, -0.15) is 0 Å². The third-order valence-corrected chi connectivity index (χ3v) is 7.14. The summed E-state index contributed by atoms with van der Waals surface area (Å²) in [7, 11) is 0. The van der Waals surface area contributed by atoms with Crippen molar-refractivity contribution in [2.45, 2.75) is 77.4 Å². The first kappa shape index (κ1) is 23.1. The Morgan fingerprint density at radius 2 is 1.94 bits per heavy atom. The first-order valence-electron chi connectivity index (χ1n) is 11.8. The van der Waals surface area contributed by atoms with Crippen molar-refractivity contribution in [1.82, 2.24) is 9.88 Å². The van der Waals surface area contributed by atoms with E-state index in [1.165, 1.54) is 21.2 Å². The third kappa shape index (κ3) is 5.11. The standard InChI is InChI=1S/C26H34BrN3O2/c1-5-21-19(17-13-15-30(16-14-17)25(31)32-26(2,3)4)10-12-23(28-21)29-22-11-9-18-7-6-8-20(27)24(18)22/h6-8,10,12,17,22H,5,9,11,13-16H2,1-4H3,(H,28,29). The number of anilines is 1. The van der Waals surface area contributed by atoms with Crippen LogP contribution in [-0.2, 0) is 17.6 Å². The lowest BCUT2D eigenvalue weighted by Gasteiger charge is -2.34. The average Bonchev–Trinajstić information content (AvgIpc) is 3.16. The Morgan fingerprint density at radius 3 is 2.62 bits per heavy atom. The Kier molecular flexibility index (Phi) is 6.80. The maximum absolute atomic E-state index is 12.4. The molecular weight excluding hydrogens is 466 g/mol. The number of benzene rings is 1. The van der Waals surface area contributed by atoms with E-state index in [4.69, 9.17) is 9.72 Å². The molecule has 2 aliphatic rings. The number of pyridine rings is 1. The SMILES string of the molecule is CCc1nc(NC2CCc3cccc(Br)c32)ccc1C1CCN(C(=O)OC(C)(C)C)CC1. The molecule has 32 heavy (non-hydrogen) atoms. The second-order valence-corrected chi connectivity index (χ2v) is 10.7. The van der Waals surface area contributed by atoms with Crippen molar-refractivity contribution in [3.63, 3.8) is 0 Å². The molecule has 1 saturated heterocycles. The topological polar surface area (TPSA) is 54.5 Å². The van der Waals surface area contributed by atoms with Crippen LogP contribution in [0.3, 0.4) is 0 Å². The fourth-order valence-electron chi connectivity index (χ4n) is 4.90. The normalized spacial score (nSPS) is 19.0. The highest BCUT2D eigenvalue weighted by molar-refractivity contribution is 9.10. The van der Waals surface area contributed by atoms with E-state index in [9.17, 15) is 4.79 Å². The first-order chi connectivity index (χ1) is 15.2. The number of nitrogens with one attached hydrogen (secondary N) is 1. The van der Waals surface area contributed by atoms with Crippen LogP contribution in [0.4, 0.5) is 10.6 Å². The van der Waals surface area contributed by atoms with Gasteiger partial charge in [0, 0.05) is 23.3 Å². The predicted molar refractivity (Wildman–Crippen MR) is 132 cm³/mol. The second-order valence-electron chi connectivity index (χ2n) is 9.88. The lowest BCUT2D eigenvalue weighted by molar-refractivity contribution is 0.0204. The lowest BCUT2D eigenvalue weighted by atomic mass is 9.88. The van der Waals surface area contributed by atoms with Crippen LogP contribution >= 0.6 is 15.9 Å². The van der Waals surface area contributed by atoms with Crippen molar-refractivity contribution in [2.75, 3.05) is 18.4 Å². The zero-order chi connectivity index (χ0) is 22.9. The molecule has 6 heteroatoms. The summed E-state index contributed by atoms with van der Waals surface area (Å²) >= 11 is 3.73. The minimum atomic E-state index is -0.453. The van der Waals surface area contributed by atoms with Crippen LogP contribution in [0.25, 0.3) is 0 Å². The van der Waals surface area contributed by atoms with Crippen LogP contribution in [0.5, 0.6) is 0 Å². The van der Waals surface area contributed by atoms with Gasteiger partial charge < -0.3 is 15.0 Å². The number of ether oxygens (including phenoxy) is 1. The Morgan fingerprint density at radius 1 is 1.19 bits per heavy atom. The molecule has 0 radical (unpaired) electrons. The number of nitrogens with zero attached hydrogens (tertiary/aromatic N) is 2. The smallest absolute Gasteiger partial charge is 0.410 e. The van der Waals surface area contributed by atoms with E-state index in [1.807, 2.05) is 25.7 Å². The van der Waals surface area contributed by atoms with Crippen LogP contribution in [0.2, 0.25) is 0 Å². The number of rotatable bonds is 4. The molecule has 1 unspecified atom stereocenters. The largest absolute Gasteiger partial charge is 0.444 e. The van der Waals surface area contributed by atoms with Crippen molar-refractivity contribution >= 4 is 27.8 Å². The molecule has 1 aliphatic heterocycles. The highest BCUT2D eigenvalue weighted by Crippen LogP contribution is 2.39. The molecule has 1 N–H and O–H groups in total. The van der Waals surface area contributed by atoms with E-state index >= 15 is 0 Å². The molecule has 0 spiro atoms. The van der Waals surface area contributed by atoms with Gasteiger partial charge in [0.25, 0.3) is 0 Å². The second kappa shape index (κ2) is 9.42. The number of halogens is 1. The molecule has 0 bridgehead atoms. The molecule has 2 heterocycles.